The van der Waals surface area contributed by atoms with Crippen LogP contribution in [0.4, 0.5) is 17.1 Å². The van der Waals surface area contributed by atoms with Gasteiger partial charge in [-0.3, -0.25) is 0 Å². The fourth-order valence-electron chi connectivity index (χ4n) is 8.56. The highest BCUT2D eigenvalue weighted by Gasteiger charge is 2.52. The lowest BCUT2D eigenvalue weighted by molar-refractivity contribution is 0.200. The summed E-state index contributed by atoms with van der Waals surface area (Å²) in [4.78, 5) is 5.32. The Labute approximate surface area is 288 Å². The van der Waals surface area contributed by atoms with Gasteiger partial charge in [0.05, 0.1) is 11.7 Å². The van der Waals surface area contributed by atoms with E-state index in [1.165, 1.54) is 67.4 Å². The maximum atomic E-state index is 2.66. The highest BCUT2D eigenvalue weighted by Crippen LogP contribution is 2.62. The Morgan fingerprint density at radius 3 is 1.96 bits per heavy atom. The molecule has 0 N–H and O–H groups in total. The van der Waals surface area contributed by atoms with Crippen molar-refractivity contribution in [1.29, 1.82) is 0 Å². The smallest absolute Gasteiger partial charge is 0.0695 e. The number of rotatable bonds is 7. The van der Waals surface area contributed by atoms with Crippen molar-refractivity contribution in [2.45, 2.75) is 73.8 Å². The third-order valence-electron chi connectivity index (χ3n) is 11.3. The first-order valence-corrected chi connectivity index (χ1v) is 17.9. The molecule has 4 atom stereocenters. The van der Waals surface area contributed by atoms with Crippen LogP contribution in [-0.4, -0.2) is 0 Å². The van der Waals surface area contributed by atoms with E-state index in [0.29, 0.717) is 11.8 Å². The van der Waals surface area contributed by atoms with Gasteiger partial charge in [0.15, 0.2) is 0 Å². The highest BCUT2D eigenvalue weighted by atomic mass is 15.2. The summed E-state index contributed by atoms with van der Waals surface area (Å²) in [5.41, 5.74) is 15.6. The molecule has 3 aliphatic carbocycles. The second-order valence-electron chi connectivity index (χ2n) is 14.7. The van der Waals surface area contributed by atoms with Crippen LogP contribution < -0.4 is 9.80 Å². The average molecular weight is 631 g/mol. The molecule has 7 rings (SSSR count). The Kier molecular flexibility index (Phi) is 8.54. The van der Waals surface area contributed by atoms with Gasteiger partial charge in [-0.2, -0.15) is 0 Å². The summed E-state index contributed by atoms with van der Waals surface area (Å²) in [6, 6.07) is 36.7. The zero-order chi connectivity index (χ0) is 33.6. The summed E-state index contributed by atoms with van der Waals surface area (Å²) in [5.74, 6) is 0.853. The van der Waals surface area contributed by atoms with Crippen LogP contribution in [0.5, 0.6) is 0 Å². The van der Waals surface area contributed by atoms with Gasteiger partial charge in [0, 0.05) is 39.7 Å². The molecule has 0 aromatic heterocycles. The van der Waals surface area contributed by atoms with E-state index in [1.54, 1.807) is 0 Å². The molecule has 0 amide bonds. The average Bonchev–Trinajstić information content (AvgIpc) is 3.07. The van der Waals surface area contributed by atoms with Gasteiger partial charge in [0.2, 0.25) is 0 Å². The molecule has 0 radical (unpaired) electrons. The van der Waals surface area contributed by atoms with E-state index in [0.717, 1.165) is 19.3 Å². The van der Waals surface area contributed by atoms with Gasteiger partial charge in [-0.1, -0.05) is 105 Å². The molecule has 0 spiro atoms. The first-order valence-electron chi connectivity index (χ1n) is 17.9. The van der Waals surface area contributed by atoms with E-state index in [2.05, 4.69) is 180 Å². The lowest BCUT2D eigenvalue weighted by Gasteiger charge is -2.55. The summed E-state index contributed by atoms with van der Waals surface area (Å²) < 4.78 is 0. The second-order valence-corrected chi connectivity index (χ2v) is 14.7. The third-order valence-corrected chi connectivity index (χ3v) is 11.3. The predicted octanol–water partition coefficient (Wildman–Crippen LogP) is 12.6. The monoisotopic (exact) mass is 630 g/mol. The zero-order valence-corrected chi connectivity index (χ0v) is 29.8. The van der Waals surface area contributed by atoms with Crippen LogP contribution in [0.25, 0.3) is 5.70 Å². The fourth-order valence-corrected chi connectivity index (χ4v) is 8.56. The van der Waals surface area contributed by atoms with Crippen LogP contribution in [0.1, 0.15) is 80.8 Å². The van der Waals surface area contributed by atoms with Crippen LogP contribution in [-0.2, 0) is 0 Å². The topological polar surface area (TPSA) is 6.48 Å². The van der Waals surface area contributed by atoms with Crippen molar-refractivity contribution in [3.05, 3.63) is 166 Å². The number of anilines is 3. The number of fused-ring (bicyclic) bond motifs is 2. The van der Waals surface area contributed by atoms with E-state index in [1.807, 2.05) is 0 Å². The summed E-state index contributed by atoms with van der Waals surface area (Å²) in [7, 11) is 0. The zero-order valence-electron chi connectivity index (χ0n) is 29.8. The lowest BCUT2D eigenvalue weighted by Crippen LogP contribution is -2.48. The molecule has 4 aromatic carbocycles. The molecule has 0 fully saturated rings. The normalized spacial score (nSPS) is 23.2. The van der Waals surface area contributed by atoms with Crippen molar-refractivity contribution in [2.24, 2.45) is 17.3 Å². The molecule has 0 aliphatic heterocycles. The number of hydrogen-bond donors (Lipinski definition) is 0. The Balaban J connectivity index is 1.57. The number of hydrogen-bond acceptors (Lipinski definition) is 2. The molecule has 48 heavy (non-hydrogen) atoms. The minimum absolute atomic E-state index is 0.0827. The van der Waals surface area contributed by atoms with Gasteiger partial charge in [-0.05, 0) is 123 Å². The number of aryl methyl sites for hydroxylation is 3. The molecule has 0 saturated heterocycles. The molecule has 2 nitrogen and oxygen atoms in total. The highest BCUT2D eigenvalue weighted by molar-refractivity contribution is 5.91. The van der Waals surface area contributed by atoms with Crippen LogP contribution in [0, 0.1) is 38.0 Å². The molecule has 0 heterocycles. The summed E-state index contributed by atoms with van der Waals surface area (Å²) in [6.45, 7) is 16.3. The van der Waals surface area contributed by atoms with E-state index < -0.39 is 0 Å². The lowest BCUT2D eigenvalue weighted by atomic mass is 9.57. The minimum Gasteiger partial charge on any atom is -0.333 e. The van der Waals surface area contributed by atoms with Gasteiger partial charge in [0.1, 0.15) is 0 Å². The first kappa shape index (κ1) is 32.0. The quantitative estimate of drug-likeness (QED) is 0.200. The summed E-state index contributed by atoms with van der Waals surface area (Å²) in [5, 5.41) is 0. The SMILES string of the molecule is CCC1CC=C(C)C=C1N(C1=C2C=CCC(C)C2(C)C(N(c2cccc(C)c2)c2cccc(C)c2)c2ccccc21)c1cccc(C)c1. The maximum Gasteiger partial charge on any atom is 0.0695 e. The van der Waals surface area contributed by atoms with Crippen molar-refractivity contribution in [1.82, 2.24) is 0 Å². The summed E-state index contributed by atoms with van der Waals surface area (Å²) in [6.07, 6.45) is 13.0. The van der Waals surface area contributed by atoms with E-state index in [9.17, 15) is 0 Å². The first-order chi connectivity index (χ1) is 23.2. The van der Waals surface area contributed by atoms with Crippen LogP contribution in [0.2, 0.25) is 0 Å². The molecule has 244 valence electrons. The van der Waals surface area contributed by atoms with E-state index in [4.69, 9.17) is 0 Å². The number of allylic oxidation sites excluding steroid dienone is 6. The van der Waals surface area contributed by atoms with Crippen molar-refractivity contribution >= 4 is 22.8 Å². The largest absolute Gasteiger partial charge is 0.333 e. The Morgan fingerprint density at radius 1 is 0.729 bits per heavy atom. The van der Waals surface area contributed by atoms with Gasteiger partial charge in [-0.15, -0.1) is 0 Å². The number of nitrogens with zero attached hydrogens (tertiary/aromatic N) is 2. The summed E-state index contributed by atoms with van der Waals surface area (Å²) >= 11 is 0. The van der Waals surface area contributed by atoms with Crippen molar-refractivity contribution < 1.29 is 0 Å². The maximum absolute atomic E-state index is 2.66. The van der Waals surface area contributed by atoms with Crippen molar-refractivity contribution in [2.75, 3.05) is 9.80 Å². The van der Waals surface area contributed by atoms with Gasteiger partial charge in [0.25, 0.3) is 0 Å². The molecule has 3 aliphatic rings. The Morgan fingerprint density at radius 2 is 1.33 bits per heavy atom. The number of benzene rings is 4. The second kappa shape index (κ2) is 12.8. The molecular formula is C46H50N2. The third kappa shape index (κ3) is 5.46. The standard InChI is InChI=1S/C46H50N2/c1-8-36-26-25-34(5)30-43(36)48(39-21-13-17-33(4)29-39)44-40-22-9-10-23-41(40)45(46(7)35(6)18-14-24-42(44)46)47(37-19-11-15-31(2)27-37)38-20-12-16-32(3)28-38/h9-17,19-25,27-30,35-36,45H,8,18,26H2,1-7H3. The van der Waals surface area contributed by atoms with Crippen LogP contribution >= 0.6 is 0 Å². The minimum atomic E-state index is -0.199. The van der Waals surface area contributed by atoms with Gasteiger partial charge >= 0.3 is 0 Å². The van der Waals surface area contributed by atoms with Gasteiger partial charge in [-0.25, -0.2) is 0 Å². The fraction of sp³-hybridized carbons (Fsp3) is 0.304. The Bertz CT molecular complexity index is 1930. The Hall–Kier alpha value is -4.56. The van der Waals surface area contributed by atoms with Gasteiger partial charge < -0.3 is 9.80 Å². The van der Waals surface area contributed by atoms with Crippen LogP contribution in [0.15, 0.2) is 138 Å². The molecular weight excluding hydrogens is 581 g/mol. The molecule has 0 saturated carbocycles. The van der Waals surface area contributed by atoms with E-state index in [-0.39, 0.29) is 11.5 Å². The molecule has 4 aromatic rings. The molecule has 2 heteroatoms. The predicted molar refractivity (Wildman–Crippen MR) is 206 cm³/mol. The molecule has 0 bridgehead atoms. The molecule has 4 unspecified atom stereocenters. The van der Waals surface area contributed by atoms with E-state index >= 15 is 0 Å². The van der Waals surface area contributed by atoms with Crippen molar-refractivity contribution in [3.63, 3.8) is 0 Å². The van der Waals surface area contributed by atoms with Crippen molar-refractivity contribution in [3.8, 4) is 0 Å². The van der Waals surface area contributed by atoms with Crippen LogP contribution in [0.3, 0.4) is 0 Å².